The molecule has 1 saturated heterocycles. The molecule has 1 aliphatic heterocycles. The second kappa shape index (κ2) is 8.48. The summed E-state index contributed by atoms with van der Waals surface area (Å²) in [4.78, 5) is 23.8. The summed E-state index contributed by atoms with van der Waals surface area (Å²) < 4.78 is 0. The van der Waals surface area contributed by atoms with Crippen molar-refractivity contribution in [2.45, 2.75) is 57.4 Å². The van der Waals surface area contributed by atoms with Crippen LogP contribution in [0.1, 0.15) is 72.9 Å². The summed E-state index contributed by atoms with van der Waals surface area (Å²) in [5.74, 6) is -0.271. The SMILES string of the molecule is C[C@H]1NC(=O)CC[C@H]2CC[C@@H](c3ccc(C(=O)O)cc3Cl)[C@H](c3ccc(Cl)cc3)[C@@]21C. The summed E-state index contributed by atoms with van der Waals surface area (Å²) in [5.41, 5.74) is 2.14. The lowest BCUT2D eigenvalue weighted by atomic mass is 9.51. The molecule has 0 radical (unpaired) electrons. The molecule has 31 heavy (non-hydrogen) atoms. The summed E-state index contributed by atoms with van der Waals surface area (Å²) in [6, 6.07) is 13.0. The van der Waals surface area contributed by atoms with E-state index in [-0.39, 0.29) is 34.8 Å². The van der Waals surface area contributed by atoms with Gasteiger partial charge >= 0.3 is 5.97 Å². The van der Waals surface area contributed by atoms with Crippen LogP contribution in [0.3, 0.4) is 0 Å². The van der Waals surface area contributed by atoms with Crippen LogP contribution in [0.25, 0.3) is 0 Å². The highest BCUT2D eigenvalue weighted by Gasteiger charge is 2.53. The first-order valence-corrected chi connectivity index (χ1v) is 11.5. The van der Waals surface area contributed by atoms with Gasteiger partial charge in [0, 0.05) is 22.5 Å². The van der Waals surface area contributed by atoms with Gasteiger partial charge in [0.25, 0.3) is 0 Å². The average molecular weight is 460 g/mol. The molecule has 2 fully saturated rings. The average Bonchev–Trinajstić information content (AvgIpc) is 2.84. The highest BCUT2D eigenvalue weighted by atomic mass is 35.5. The molecule has 2 aromatic rings. The number of aromatic carboxylic acids is 1. The van der Waals surface area contributed by atoms with Crippen molar-refractivity contribution in [3.63, 3.8) is 0 Å². The molecule has 4 rings (SSSR count). The van der Waals surface area contributed by atoms with Crippen molar-refractivity contribution < 1.29 is 14.7 Å². The number of hydrogen-bond donors (Lipinski definition) is 2. The van der Waals surface area contributed by atoms with E-state index in [1.807, 2.05) is 18.2 Å². The predicted molar refractivity (Wildman–Crippen MR) is 123 cm³/mol. The monoisotopic (exact) mass is 459 g/mol. The van der Waals surface area contributed by atoms with Gasteiger partial charge in [-0.25, -0.2) is 4.79 Å². The lowest BCUT2D eigenvalue weighted by Gasteiger charge is -2.54. The molecule has 0 spiro atoms. The van der Waals surface area contributed by atoms with Crippen molar-refractivity contribution in [1.29, 1.82) is 0 Å². The molecule has 2 aromatic carbocycles. The maximum atomic E-state index is 12.4. The number of fused-ring (bicyclic) bond motifs is 1. The van der Waals surface area contributed by atoms with Crippen LogP contribution in [-0.4, -0.2) is 23.0 Å². The number of hydrogen-bond acceptors (Lipinski definition) is 2. The number of carbonyl (C=O) groups excluding carboxylic acids is 1. The van der Waals surface area contributed by atoms with Gasteiger partial charge in [0.2, 0.25) is 5.91 Å². The zero-order valence-corrected chi connectivity index (χ0v) is 19.2. The first kappa shape index (κ1) is 22.2. The minimum absolute atomic E-state index is 0.00644. The van der Waals surface area contributed by atoms with Crippen LogP contribution in [-0.2, 0) is 4.79 Å². The Balaban J connectivity index is 1.86. The molecule has 164 valence electrons. The van der Waals surface area contributed by atoms with E-state index >= 15 is 0 Å². The van der Waals surface area contributed by atoms with E-state index in [1.165, 1.54) is 5.56 Å². The van der Waals surface area contributed by atoms with Gasteiger partial charge in [0.15, 0.2) is 0 Å². The van der Waals surface area contributed by atoms with Gasteiger partial charge in [0.05, 0.1) is 5.56 Å². The molecule has 1 aliphatic carbocycles. The number of amides is 1. The second-order valence-corrected chi connectivity index (χ2v) is 9.99. The van der Waals surface area contributed by atoms with Gasteiger partial charge < -0.3 is 10.4 Å². The molecule has 1 amide bonds. The molecule has 0 unspecified atom stereocenters. The molecular formula is C25H27Cl2NO3. The third kappa shape index (κ3) is 3.96. The maximum absolute atomic E-state index is 12.4. The van der Waals surface area contributed by atoms with Gasteiger partial charge in [-0.3, -0.25) is 4.79 Å². The fourth-order valence-electron chi connectivity index (χ4n) is 5.96. The zero-order chi connectivity index (χ0) is 22.3. The Morgan fingerprint density at radius 1 is 1.10 bits per heavy atom. The van der Waals surface area contributed by atoms with Gasteiger partial charge in [0.1, 0.15) is 0 Å². The zero-order valence-electron chi connectivity index (χ0n) is 17.7. The standard InChI is InChI=1S/C25H27Cl2NO3/c1-14-25(2)17(7-12-22(29)28-14)6-11-20(23(25)15-3-8-18(26)9-4-15)19-10-5-16(24(30)31)13-21(19)27/h3-5,8-10,13-14,17,20,23H,6-7,11-12H2,1-2H3,(H,28,29)(H,30,31)/t14-,17-,20+,23+,25-/m1/s1. The number of rotatable bonds is 3. The molecule has 1 heterocycles. The summed E-state index contributed by atoms with van der Waals surface area (Å²) in [7, 11) is 0. The Morgan fingerprint density at radius 3 is 2.45 bits per heavy atom. The lowest BCUT2D eigenvalue weighted by molar-refractivity contribution is -0.121. The number of carbonyl (C=O) groups is 2. The van der Waals surface area contributed by atoms with E-state index < -0.39 is 5.97 Å². The fourth-order valence-corrected chi connectivity index (χ4v) is 6.40. The quantitative estimate of drug-likeness (QED) is 0.567. The molecule has 2 N–H and O–H groups in total. The van der Waals surface area contributed by atoms with Crippen LogP contribution in [0.5, 0.6) is 0 Å². The Kier molecular flexibility index (Phi) is 6.06. The summed E-state index contributed by atoms with van der Waals surface area (Å²) in [5, 5.41) is 13.7. The molecule has 6 heteroatoms. The van der Waals surface area contributed by atoms with Crippen LogP contribution in [0.2, 0.25) is 10.0 Å². The van der Waals surface area contributed by atoms with E-state index in [4.69, 9.17) is 23.2 Å². The van der Waals surface area contributed by atoms with Gasteiger partial charge in [-0.05, 0) is 84.7 Å². The van der Waals surface area contributed by atoms with Crippen LogP contribution >= 0.6 is 23.2 Å². The highest BCUT2D eigenvalue weighted by molar-refractivity contribution is 6.31. The van der Waals surface area contributed by atoms with Crippen molar-refractivity contribution in [3.05, 3.63) is 69.2 Å². The molecular weight excluding hydrogens is 433 g/mol. The normalized spacial score (nSPS) is 30.8. The number of benzene rings is 2. The second-order valence-electron chi connectivity index (χ2n) is 9.15. The molecule has 0 bridgehead atoms. The van der Waals surface area contributed by atoms with Gasteiger partial charge in [-0.15, -0.1) is 0 Å². The number of carboxylic acid groups (broad SMARTS) is 1. The van der Waals surface area contributed by atoms with E-state index in [1.54, 1.807) is 12.1 Å². The first-order valence-electron chi connectivity index (χ1n) is 10.8. The number of carboxylic acids is 1. The van der Waals surface area contributed by atoms with Crippen molar-refractivity contribution >= 4 is 35.1 Å². The van der Waals surface area contributed by atoms with Crippen LogP contribution in [0.15, 0.2) is 42.5 Å². The molecule has 5 atom stereocenters. The van der Waals surface area contributed by atoms with Crippen LogP contribution in [0.4, 0.5) is 0 Å². The third-order valence-corrected chi connectivity index (χ3v) is 8.26. The van der Waals surface area contributed by atoms with E-state index in [0.717, 1.165) is 24.8 Å². The van der Waals surface area contributed by atoms with Crippen LogP contribution in [0, 0.1) is 11.3 Å². The molecule has 2 aliphatic rings. The van der Waals surface area contributed by atoms with Crippen molar-refractivity contribution in [1.82, 2.24) is 5.32 Å². The van der Waals surface area contributed by atoms with Crippen LogP contribution < -0.4 is 5.32 Å². The Labute approximate surface area is 192 Å². The molecule has 1 saturated carbocycles. The first-order chi connectivity index (χ1) is 14.7. The smallest absolute Gasteiger partial charge is 0.335 e. The predicted octanol–water partition coefficient (Wildman–Crippen LogP) is 6.27. The largest absolute Gasteiger partial charge is 0.478 e. The van der Waals surface area contributed by atoms with Gasteiger partial charge in [-0.1, -0.05) is 48.3 Å². The Morgan fingerprint density at radius 2 is 1.81 bits per heavy atom. The van der Waals surface area contributed by atoms with Gasteiger partial charge in [-0.2, -0.15) is 0 Å². The Bertz CT molecular complexity index is 1010. The minimum Gasteiger partial charge on any atom is -0.478 e. The fraction of sp³-hybridized carbons (Fsp3) is 0.440. The van der Waals surface area contributed by atoms with Crippen molar-refractivity contribution in [3.8, 4) is 0 Å². The highest BCUT2D eigenvalue weighted by Crippen LogP contribution is 2.60. The van der Waals surface area contributed by atoms with Crippen molar-refractivity contribution in [2.24, 2.45) is 11.3 Å². The lowest BCUT2D eigenvalue weighted by Crippen LogP contribution is -2.52. The number of nitrogens with one attached hydrogen (secondary N) is 1. The van der Waals surface area contributed by atoms with E-state index in [9.17, 15) is 14.7 Å². The molecule has 4 nitrogen and oxygen atoms in total. The third-order valence-electron chi connectivity index (χ3n) is 7.68. The van der Waals surface area contributed by atoms with E-state index in [2.05, 4.69) is 31.3 Å². The molecule has 0 aromatic heterocycles. The summed E-state index contributed by atoms with van der Waals surface area (Å²) in [6.07, 6.45) is 3.36. The summed E-state index contributed by atoms with van der Waals surface area (Å²) in [6.45, 7) is 4.40. The van der Waals surface area contributed by atoms with Crippen molar-refractivity contribution in [2.75, 3.05) is 0 Å². The van der Waals surface area contributed by atoms with E-state index in [0.29, 0.717) is 22.4 Å². The number of halogens is 2. The summed E-state index contributed by atoms with van der Waals surface area (Å²) >= 11 is 12.8. The topological polar surface area (TPSA) is 66.4 Å². The minimum atomic E-state index is -0.988. The Hall–Kier alpha value is -2.04. The maximum Gasteiger partial charge on any atom is 0.335 e.